The summed E-state index contributed by atoms with van der Waals surface area (Å²) in [7, 11) is 0. The zero-order valence-corrected chi connectivity index (χ0v) is 11.9. The third kappa shape index (κ3) is 2.99. The summed E-state index contributed by atoms with van der Waals surface area (Å²) < 4.78 is 1.05. The molecule has 1 aliphatic rings. The maximum absolute atomic E-state index is 6.09. The molecule has 1 aromatic carbocycles. The van der Waals surface area contributed by atoms with Crippen molar-refractivity contribution in [3.05, 3.63) is 33.3 Å². The fraction of sp³-hybridized carbons (Fsp3) is 0.538. The van der Waals surface area contributed by atoms with Gasteiger partial charge in [-0.05, 0) is 52.9 Å². The van der Waals surface area contributed by atoms with E-state index in [2.05, 4.69) is 33.8 Å². The number of piperidine rings is 1. The fourth-order valence-corrected chi connectivity index (χ4v) is 2.93. The lowest BCUT2D eigenvalue weighted by Gasteiger charge is -2.31. The van der Waals surface area contributed by atoms with E-state index in [0.29, 0.717) is 0 Å². The van der Waals surface area contributed by atoms with Crippen LogP contribution < -0.4 is 0 Å². The average Bonchev–Trinajstić information content (AvgIpc) is 2.25. The molecule has 1 saturated heterocycles. The first-order valence-electron chi connectivity index (χ1n) is 5.82. The van der Waals surface area contributed by atoms with Crippen LogP contribution in [0.4, 0.5) is 0 Å². The van der Waals surface area contributed by atoms with Gasteiger partial charge in [0.2, 0.25) is 0 Å². The second kappa shape index (κ2) is 5.52. The highest BCUT2D eigenvalue weighted by molar-refractivity contribution is 9.10. The molecule has 1 aromatic rings. The molecule has 1 nitrogen and oxygen atoms in total. The van der Waals surface area contributed by atoms with Gasteiger partial charge in [0.25, 0.3) is 0 Å². The van der Waals surface area contributed by atoms with Crippen LogP contribution >= 0.6 is 27.5 Å². The largest absolute Gasteiger partial charge is 0.299 e. The Balaban J connectivity index is 2.05. The average molecular weight is 303 g/mol. The van der Waals surface area contributed by atoms with Gasteiger partial charge in [0.15, 0.2) is 0 Å². The van der Waals surface area contributed by atoms with Crippen LogP contribution in [0.15, 0.2) is 22.7 Å². The summed E-state index contributed by atoms with van der Waals surface area (Å²) in [6.07, 6.45) is 2.69. The van der Waals surface area contributed by atoms with Crippen LogP contribution in [0.2, 0.25) is 5.02 Å². The van der Waals surface area contributed by atoms with Gasteiger partial charge in [0, 0.05) is 17.6 Å². The Bertz CT molecular complexity index is 367. The Morgan fingerprint density at radius 1 is 1.50 bits per heavy atom. The maximum Gasteiger partial charge on any atom is 0.0551 e. The summed E-state index contributed by atoms with van der Waals surface area (Å²) in [5.74, 6) is 0.826. The number of benzene rings is 1. The van der Waals surface area contributed by atoms with Gasteiger partial charge in [0.1, 0.15) is 0 Å². The summed E-state index contributed by atoms with van der Waals surface area (Å²) in [6.45, 7) is 5.76. The Morgan fingerprint density at radius 2 is 2.31 bits per heavy atom. The van der Waals surface area contributed by atoms with Gasteiger partial charge in [-0.15, -0.1) is 0 Å². The number of hydrogen-bond acceptors (Lipinski definition) is 1. The van der Waals surface area contributed by atoms with Crippen molar-refractivity contribution in [3.63, 3.8) is 0 Å². The third-order valence-corrected chi connectivity index (χ3v) is 4.65. The van der Waals surface area contributed by atoms with Gasteiger partial charge in [-0.3, -0.25) is 4.90 Å². The first-order valence-corrected chi connectivity index (χ1v) is 6.99. The molecule has 0 N–H and O–H groups in total. The van der Waals surface area contributed by atoms with Crippen LogP contribution in [-0.4, -0.2) is 18.0 Å². The van der Waals surface area contributed by atoms with Crippen molar-refractivity contribution in [3.8, 4) is 0 Å². The molecule has 0 aliphatic carbocycles. The molecule has 1 atom stereocenters. The third-order valence-electron chi connectivity index (χ3n) is 3.17. The lowest BCUT2D eigenvalue weighted by atomic mass is 10.00. The predicted octanol–water partition coefficient (Wildman–Crippen LogP) is 4.33. The Morgan fingerprint density at radius 3 is 3.06 bits per heavy atom. The molecule has 0 aromatic heterocycles. The van der Waals surface area contributed by atoms with E-state index in [1.807, 2.05) is 12.1 Å². The highest BCUT2D eigenvalue weighted by Gasteiger charge is 2.17. The van der Waals surface area contributed by atoms with Crippen molar-refractivity contribution in [2.24, 2.45) is 5.92 Å². The van der Waals surface area contributed by atoms with E-state index in [1.54, 1.807) is 0 Å². The second-order valence-corrected chi connectivity index (χ2v) is 5.90. The smallest absolute Gasteiger partial charge is 0.0551 e. The minimum absolute atomic E-state index is 0.808. The van der Waals surface area contributed by atoms with E-state index in [4.69, 9.17) is 11.6 Å². The Labute approximate surface area is 111 Å². The molecule has 0 amide bonds. The number of rotatable bonds is 2. The summed E-state index contributed by atoms with van der Waals surface area (Å²) in [5.41, 5.74) is 1.29. The molecule has 1 aliphatic heterocycles. The molecular weight excluding hydrogens is 286 g/mol. The molecular formula is C13H17BrClN. The molecule has 1 heterocycles. The SMILES string of the molecule is CC1CCCN(Cc2cccc(Cl)c2Br)C1. The second-order valence-electron chi connectivity index (χ2n) is 4.70. The molecule has 0 radical (unpaired) electrons. The van der Waals surface area contributed by atoms with Crippen LogP contribution in [0.1, 0.15) is 25.3 Å². The van der Waals surface area contributed by atoms with E-state index >= 15 is 0 Å². The highest BCUT2D eigenvalue weighted by atomic mass is 79.9. The van der Waals surface area contributed by atoms with Gasteiger partial charge in [-0.25, -0.2) is 0 Å². The Kier molecular flexibility index (Phi) is 4.28. The summed E-state index contributed by atoms with van der Waals surface area (Å²) in [4.78, 5) is 2.52. The number of hydrogen-bond donors (Lipinski definition) is 0. The van der Waals surface area contributed by atoms with Crippen LogP contribution in [0.25, 0.3) is 0 Å². The van der Waals surface area contributed by atoms with Crippen LogP contribution in [0, 0.1) is 5.92 Å². The van der Waals surface area contributed by atoms with E-state index in [9.17, 15) is 0 Å². The topological polar surface area (TPSA) is 3.24 Å². The van der Waals surface area contributed by atoms with Gasteiger partial charge < -0.3 is 0 Å². The number of nitrogens with zero attached hydrogens (tertiary/aromatic N) is 1. The molecule has 2 rings (SSSR count). The van der Waals surface area contributed by atoms with Crippen molar-refractivity contribution >= 4 is 27.5 Å². The van der Waals surface area contributed by atoms with Gasteiger partial charge in [-0.1, -0.05) is 30.7 Å². The van der Waals surface area contributed by atoms with Crippen molar-refractivity contribution in [2.45, 2.75) is 26.3 Å². The molecule has 3 heteroatoms. The minimum atomic E-state index is 0.808. The predicted molar refractivity (Wildman–Crippen MR) is 72.8 cm³/mol. The molecule has 16 heavy (non-hydrogen) atoms. The van der Waals surface area contributed by atoms with Crippen molar-refractivity contribution in [1.29, 1.82) is 0 Å². The Hall–Kier alpha value is -0.0500. The lowest BCUT2D eigenvalue weighted by molar-refractivity contribution is 0.176. The van der Waals surface area contributed by atoms with Crippen LogP contribution in [0.3, 0.4) is 0 Å². The minimum Gasteiger partial charge on any atom is -0.299 e. The monoisotopic (exact) mass is 301 g/mol. The van der Waals surface area contributed by atoms with Crippen molar-refractivity contribution < 1.29 is 0 Å². The van der Waals surface area contributed by atoms with E-state index in [1.165, 1.54) is 31.5 Å². The zero-order chi connectivity index (χ0) is 11.5. The molecule has 0 bridgehead atoms. The zero-order valence-electron chi connectivity index (χ0n) is 9.55. The number of likely N-dealkylation sites (tertiary alicyclic amines) is 1. The molecule has 1 unspecified atom stereocenters. The lowest BCUT2D eigenvalue weighted by Crippen LogP contribution is -2.33. The summed E-state index contributed by atoms with van der Waals surface area (Å²) >= 11 is 9.66. The molecule has 0 spiro atoms. The van der Waals surface area contributed by atoms with Crippen LogP contribution in [-0.2, 0) is 6.54 Å². The molecule has 1 fully saturated rings. The normalized spacial score (nSPS) is 22.3. The molecule has 0 saturated carbocycles. The van der Waals surface area contributed by atoms with Gasteiger partial charge >= 0.3 is 0 Å². The quantitative estimate of drug-likeness (QED) is 0.786. The van der Waals surface area contributed by atoms with Crippen LogP contribution in [0.5, 0.6) is 0 Å². The van der Waals surface area contributed by atoms with Gasteiger partial charge in [0.05, 0.1) is 5.02 Å². The first-order chi connectivity index (χ1) is 7.66. The van der Waals surface area contributed by atoms with E-state index in [0.717, 1.165) is 22.0 Å². The fourth-order valence-electron chi connectivity index (χ4n) is 2.34. The van der Waals surface area contributed by atoms with Crippen molar-refractivity contribution in [1.82, 2.24) is 4.90 Å². The molecule has 88 valence electrons. The van der Waals surface area contributed by atoms with Crippen molar-refractivity contribution in [2.75, 3.05) is 13.1 Å². The van der Waals surface area contributed by atoms with E-state index < -0.39 is 0 Å². The highest BCUT2D eigenvalue weighted by Crippen LogP contribution is 2.28. The number of halogens is 2. The maximum atomic E-state index is 6.09. The van der Waals surface area contributed by atoms with Gasteiger partial charge in [-0.2, -0.15) is 0 Å². The summed E-state index contributed by atoms with van der Waals surface area (Å²) in [6, 6.07) is 6.10. The standard InChI is InChI=1S/C13H17BrClN/c1-10-4-3-7-16(8-10)9-11-5-2-6-12(15)13(11)14/h2,5-6,10H,3-4,7-9H2,1H3. The van der Waals surface area contributed by atoms with E-state index in [-0.39, 0.29) is 0 Å². The first kappa shape index (κ1) is 12.4. The summed E-state index contributed by atoms with van der Waals surface area (Å²) in [5, 5.41) is 0.808.